The Bertz CT molecular complexity index is 534. The third-order valence-electron chi connectivity index (χ3n) is 3.55. The second-order valence-corrected chi connectivity index (χ2v) is 8.17. The van der Waals surface area contributed by atoms with Crippen LogP contribution >= 0.6 is 11.3 Å². The maximum Gasteiger partial charge on any atom is 0.321 e. The zero-order valence-electron chi connectivity index (χ0n) is 14.6. The van der Waals surface area contributed by atoms with Gasteiger partial charge in [-0.15, -0.1) is 11.3 Å². The predicted molar refractivity (Wildman–Crippen MR) is 95.0 cm³/mol. The van der Waals surface area contributed by atoms with Crippen molar-refractivity contribution in [2.24, 2.45) is 0 Å². The minimum absolute atomic E-state index is 0.168. The molecule has 2 heterocycles. The molecule has 2 rings (SSSR count). The number of urea groups is 1. The van der Waals surface area contributed by atoms with Gasteiger partial charge in [0, 0.05) is 30.1 Å². The molecule has 1 saturated heterocycles. The summed E-state index contributed by atoms with van der Waals surface area (Å²) in [6, 6.07) is 3.60. The van der Waals surface area contributed by atoms with Crippen LogP contribution in [-0.2, 0) is 16.1 Å². The van der Waals surface area contributed by atoms with Crippen molar-refractivity contribution >= 4 is 23.3 Å². The van der Waals surface area contributed by atoms with Crippen LogP contribution in [0.4, 0.5) is 4.79 Å². The Hall–Kier alpha value is -1.44. The number of hydrogen-bond donors (Lipinski definition) is 2. The molecule has 0 saturated carbocycles. The highest BCUT2D eigenvalue weighted by Gasteiger charge is 2.22. The Morgan fingerprint density at radius 3 is 2.79 bits per heavy atom. The molecule has 0 aliphatic carbocycles. The standard InChI is InChI=1S/C17H27N3O3S/c1-17(2,3)19-16(22)18-15(21)12-20(10-13-6-4-8-23-13)11-14-7-5-9-24-14/h5,7,9,13H,4,6,8,10-12H2,1-3H3,(H2,18,19,21,22)/t13-/m0/s1. The molecule has 6 nitrogen and oxygen atoms in total. The Morgan fingerprint density at radius 1 is 1.42 bits per heavy atom. The van der Waals surface area contributed by atoms with Gasteiger partial charge in [-0.2, -0.15) is 0 Å². The number of carbonyl (C=O) groups excluding carboxylic acids is 2. The molecule has 134 valence electrons. The van der Waals surface area contributed by atoms with Gasteiger partial charge in [-0.05, 0) is 45.1 Å². The number of amides is 3. The number of ether oxygens (including phenoxy) is 1. The van der Waals surface area contributed by atoms with Gasteiger partial charge >= 0.3 is 6.03 Å². The Morgan fingerprint density at radius 2 is 2.21 bits per heavy atom. The fourth-order valence-corrected chi connectivity index (χ4v) is 3.37. The zero-order chi connectivity index (χ0) is 17.6. The number of hydrogen-bond acceptors (Lipinski definition) is 5. The molecule has 1 aliphatic heterocycles. The van der Waals surface area contributed by atoms with E-state index in [-0.39, 0.29) is 24.1 Å². The minimum Gasteiger partial charge on any atom is -0.377 e. The lowest BCUT2D eigenvalue weighted by molar-refractivity contribution is -0.121. The number of nitrogens with one attached hydrogen (secondary N) is 2. The molecule has 1 aromatic heterocycles. The minimum atomic E-state index is -0.458. The number of imide groups is 1. The second kappa shape index (κ2) is 8.60. The first-order valence-electron chi connectivity index (χ1n) is 8.30. The van der Waals surface area contributed by atoms with Gasteiger partial charge < -0.3 is 10.1 Å². The Labute approximate surface area is 147 Å². The molecule has 2 N–H and O–H groups in total. The maximum atomic E-state index is 12.2. The Kier molecular flexibility index (Phi) is 6.77. The Balaban J connectivity index is 1.88. The molecule has 3 amide bonds. The van der Waals surface area contributed by atoms with E-state index in [1.54, 1.807) is 11.3 Å². The van der Waals surface area contributed by atoms with Gasteiger partial charge in [-0.25, -0.2) is 4.79 Å². The lowest BCUT2D eigenvalue weighted by Gasteiger charge is -2.25. The summed E-state index contributed by atoms with van der Waals surface area (Å²) >= 11 is 1.66. The molecule has 1 atom stereocenters. The van der Waals surface area contributed by atoms with E-state index < -0.39 is 6.03 Å². The van der Waals surface area contributed by atoms with Crippen LogP contribution in [0.3, 0.4) is 0 Å². The molecule has 1 aromatic rings. The van der Waals surface area contributed by atoms with E-state index in [1.165, 1.54) is 4.88 Å². The number of nitrogens with zero attached hydrogens (tertiary/aromatic N) is 1. The van der Waals surface area contributed by atoms with E-state index in [0.717, 1.165) is 19.4 Å². The van der Waals surface area contributed by atoms with Crippen LogP contribution in [0.25, 0.3) is 0 Å². The van der Waals surface area contributed by atoms with Crippen molar-refractivity contribution in [3.63, 3.8) is 0 Å². The van der Waals surface area contributed by atoms with Crippen LogP contribution in [0.1, 0.15) is 38.5 Å². The molecule has 0 bridgehead atoms. The number of thiophene rings is 1. The van der Waals surface area contributed by atoms with Crippen molar-refractivity contribution < 1.29 is 14.3 Å². The van der Waals surface area contributed by atoms with Crippen molar-refractivity contribution in [2.45, 2.75) is 51.8 Å². The van der Waals surface area contributed by atoms with E-state index in [4.69, 9.17) is 4.74 Å². The van der Waals surface area contributed by atoms with Gasteiger partial charge in [0.1, 0.15) is 0 Å². The molecular weight excluding hydrogens is 326 g/mol. The summed E-state index contributed by atoms with van der Waals surface area (Å²) in [5.41, 5.74) is -0.376. The average molecular weight is 353 g/mol. The molecule has 0 unspecified atom stereocenters. The summed E-state index contributed by atoms with van der Waals surface area (Å²) in [6.07, 6.45) is 2.26. The van der Waals surface area contributed by atoms with Gasteiger partial charge in [0.05, 0.1) is 12.6 Å². The van der Waals surface area contributed by atoms with Crippen LogP contribution in [0, 0.1) is 0 Å². The molecule has 1 aliphatic rings. The van der Waals surface area contributed by atoms with E-state index in [1.807, 2.05) is 37.1 Å². The first kappa shape index (κ1) is 18.9. The average Bonchev–Trinajstić information content (AvgIpc) is 3.09. The topological polar surface area (TPSA) is 70.7 Å². The normalized spacial score (nSPS) is 17.9. The van der Waals surface area contributed by atoms with Crippen LogP contribution in [0.2, 0.25) is 0 Å². The van der Waals surface area contributed by atoms with Crippen molar-refractivity contribution in [3.8, 4) is 0 Å². The molecule has 0 radical (unpaired) electrons. The third kappa shape index (κ3) is 6.98. The smallest absolute Gasteiger partial charge is 0.321 e. The predicted octanol–water partition coefficient (Wildman–Crippen LogP) is 2.35. The first-order chi connectivity index (χ1) is 11.3. The van der Waals surface area contributed by atoms with Crippen molar-refractivity contribution in [2.75, 3.05) is 19.7 Å². The van der Waals surface area contributed by atoms with E-state index in [0.29, 0.717) is 13.1 Å². The lowest BCUT2D eigenvalue weighted by atomic mass is 10.1. The number of carbonyl (C=O) groups is 2. The van der Waals surface area contributed by atoms with Crippen LogP contribution in [-0.4, -0.2) is 48.2 Å². The van der Waals surface area contributed by atoms with E-state index in [9.17, 15) is 9.59 Å². The van der Waals surface area contributed by atoms with Gasteiger partial charge in [0.2, 0.25) is 5.91 Å². The maximum absolute atomic E-state index is 12.2. The first-order valence-corrected chi connectivity index (χ1v) is 9.18. The summed E-state index contributed by atoms with van der Waals surface area (Å²) in [5.74, 6) is -0.300. The van der Waals surface area contributed by atoms with Crippen LogP contribution in [0.15, 0.2) is 17.5 Å². The largest absolute Gasteiger partial charge is 0.377 e. The summed E-state index contributed by atoms with van der Waals surface area (Å²) in [5, 5.41) is 7.16. The quantitative estimate of drug-likeness (QED) is 0.824. The molecule has 7 heteroatoms. The van der Waals surface area contributed by atoms with Crippen LogP contribution < -0.4 is 10.6 Å². The van der Waals surface area contributed by atoms with Crippen molar-refractivity contribution in [1.29, 1.82) is 0 Å². The monoisotopic (exact) mass is 353 g/mol. The highest BCUT2D eigenvalue weighted by atomic mass is 32.1. The fourth-order valence-electron chi connectivity index (χ4n) is 2.63. The zero-order valence-corrected chi connectivity index (χ0v) is 15.4. The fraction of sp³-hybridized carbons (Fsp3) is 0.647. The number of rotatable bonds is 6. The molecule has 0 spiro atoms. The molecular formula is C17H27N3O3S. The van der Waals surface area contributed by atoms with Gasteiger partial charge in [-0.3, -0.25) is 15.0 Å². The third-order valence-corrected chi connectivity index (χ3v) is 4.42. The van der Waals surface area contributed by atoms with Gasteiger partial charge in [0.25, 0.3) is 0 Å². The van der Waals surface area contributed by atoms with E-state index in [2.05, 4.69) is 16.7 Å². The van der Waals surface area contributed by atoms with Crippen molar-refractivity contribution in [1.82, 2.24) is 15.5 Å². The summed E-state index contributed by atoms with van der Waals surface area (Å²) < 4.78 is 5.68. The highest BCUT2D eigenvalue weighted by Crippen LogP contribution is 2.17. The van der Waals surface area contributed by atoms with Gasteiger partial charge in [-0.1, -0.05) is 6.07 Å². The van der Waals surface area contributed by atoms with Crippen LogP contribution in [0.5, 0.6) is 0 Å². The SMILES string of the molecule is CC(C)(C)NC(=O)NC(=O)CN(Cc1cccs1)C[C@@H]1CCCO1. The molecule has 0 aromatic carbocycles. The highest BCUT2D eigenvalue weighted by molar-refractivity contribution is 7.09. The van der Waals surface area contributed by atoms with Gasteiger partial charge in [0.15, 0.2) is 0 Å². The van der Waals surface area contributed by atoms with Crippen molar-refractivity contribution in [3.05, 3.63) is 22.4 Å². The van der Waals surface area contributed by atoms with E-state index >= 15 is 0 Å². The molecule has 24 heavy (non-hydrogen) atoms. The summed E-state index contributed by atoms with van der Waals surface area (Å²) in [7, 11) is 0. The summed E-state index contributed by atoms with van der Waals surface area (Å²) in [4.78, 5) is 27.3. The second-order valence-electron chi connectivity index (χ2n) is 7.14. The lowest BCUT2D eigenvalue weighted by Crippen LogP contribution is -2.50. The molecule has 1 fully saturated rings. The summed E-state index contributed by atoms with van der Waals surface area (Å²) in [6.45, 7) is 7.97.